The van der Waals surface area contributed by atoms with Gasteiger partial charge in [0.05, 0.1) is 55.2 Å². The number of hydrogen-bond acceptors (Lipinski definition) is 9. The van der Waals surface area contributed by atoms with E-state index < -0.39 is 52.4 Å². The number of allylic oxidation sites excluding steroid dienone is 2. The van der Waals surface area contributed by atoms with Gasteiger partial charge in [-0.3, -0.25) is 29.5 Å². The Bertz CT molecular complexity index is 2020. The summed E-state index contributed by atoms with van der Waals surface area (Å²) in [7, 11) is 4.42. The summed E-state index contributed by atoms with van der Waals surface area (Å²) in [4.78, 5) is 60.1. The summed E-state index contributed by atoms with van der Waals surface area (Å²) in [6, 6.07) is 14.5. The molecule has 11 nitrogen and oxygen atoms in total. The van der Waals surface area contributed by atoms with E-state index in [0.29, 0.717) is 27.5 Å². The largest absolute Gasteiger partial charge is 0.508 e. The fourth-order valence-electron chi connectivity index (χ4n) is 9.03. The van der Waals surface area contributed by atoms with Gasteiger partial charge in [-0.2, -0.15) is 5.01 Å². The molecule has 3 aromatic rings. The van der Waals surface area contributed by atoms with E-state index in [-0.39, 0.29) is 52.6 Å². The van der Waals surface area contributed by atoms with E-state index in [2.05, 4.69) is 5.43 Å². The lowest BCUT2D eigenvalue weighted by Gasteiger charge is -2.51. The third-order valence-electron chi connectivity index (χ3n) is 11.1. The van der Waals surface area contributed by atoms with E-state index in [9.17, 15) is 19.5 Å². The van der Waals surface area contributed by atoms with Crippen molar-refractivity contribution >= 4 is 52.5 Å². The minimum absolute atomic E-state index is 0.0896. The smallest absolute Gasteiger partial charge is 0.260 e. The van der Waals surface area contributed by atoms with Crippen molar-refractivity contribution in [3.63, 3.8) is 0 Å². The van der Waals surface area contributed by atoms with Crippen molar-refractivity contribution in [3.8, 4) is 23.0 Å². The number of halogens is 2. The summed E-state index contributed by atoms with van der Waals surface area (Å²) in [6.07, 6.45) is 2.29. The molecule has 52 heavy (non-hydrogen) atoms. The van der Waals surface area contributed by atoms with E-state index in [1.165, 1.54) is 44.4 Å². The second kappa shape index (κ2) is 12.7. The fourth-order valence-corrected chi connectivity index (χ4v) is 9.48. The number of ether oxygens (including phenoxy) is 3. The predicted octanol–water partition coefficient (Wildman–Crippen LogP) is 6.51. The zero-order valence-electron chi connectivity index (χ0n) is 29.5. The highest BCUT2D eigenvalue weighted by Crippen LogP contribution is 2.66. The van der Waals surface area contributed by atoms with Crippen LogP contribution in [0.25, 0.3) is 0 Å². The standard InChI is InChI=1S/C39H39Cl2N3O8/c1-38(2,3)43-34(46)24-13-12-23-25(31(24)36(43)48)18-26-35(47)44(42-28-14-9-20(40)15-27(28)41)37(49)39(26,19-7-10-22(50-4)11-8-19)33(23)32-29(51-5)16-21(45)17-30(32)52-6/h7-12,14-17,24-26,31,33,42,45H,13,18H2,1-6H3/t24-,25+,26-,31-,33+,39+/m0/s1. The number of carbonyl (C=O) groups excluding carboxylic acids is 4. The molecule has 0 aromatic heterocycles. The third kappa shape index (κ3) is 5.15. The molecule has 4 aliphatic rings. The van der Waals surface area contributed by atoms with Crippen LogP contribution in [0.3, 0.4) is 0 Å². The lowest BCUT2D eigenvalue weighted by atomic mass is 9.49. The number of methoxy groups -OCH3 is 3. The molecule has 6 atom stereocenters. The lowest BCUT2D eigenvalue weighted by Crippen LogP contribution is -2.53. The van der Waals surface area contributed by atoms with Gasteiger partial charge in [0, 0.05) is 34.2 Å². The van der Waals surface area contributed by atoms with Gasteiger partial charge in [0.25, 0.3) is 11.8 Å². The number of nitrogens with one attached hydrogen (secondary N) is 1. The number of phenols is 1. The molecule has 0 radical (unpaired) electrons. The summed E-state index contributed by atoms with van der Waals surface area (Å²) in [6.45, 7) is 5.47. The second-order valence-electron chi connectivity index (χ2n) is 14.7. The van der Waals surface area contributed by atoms with Crippen LogP contribution in [-0.2, 0) is 24.6 Å². The second-order valence-corrected chi connectivity index (χ2v) is 15.5. The maximum Gasteiger partial charge on any atom is 0.260 e. The molecule has 13 heteroatoms. The van der Waals surface area contributed by atoms with Crippen molar-refractivity contribution in [2.45, 2.75) is 50.5 Å². The number of hydrogen-bond donors (Lipinski definition) is 2. The molecule has 1 saturated carbocycles. The van der Waals surface area contributed by atoms with Crippen molar-refractivity contribution in [1.82, 2.24) is 9.91 Å². The van der Waals surface area contributed by atoms with Crippen LogP contribution in [0, 0.1) is 23.7 Å². The number of nitrogens with zero attached hydrogens (tertiary/aromatic N) is 2. The maximum atomic E-state index is 15.5. The van der Waals surface area contributed by atoms with Gasteiger partial charge in [-0.15, -0.1) is 0 Å². The van der Waals surface area contributed by atoms with Gasteiger partial charge in [0.1, 0.15) is 23.0 Å². The zero-order valence-corrected chi connectivity index (χ0v) is 31.0. The van der Waals surface area contributed by atoms with Crippen LogP contribution in [0.5, 0.6) is 23.0 Å². The van der Waals surface area contributed by atoms with Crippen molar-refractivity contribution in [1.29, 1.82) is 0 Å². The average molecular weight is 749 g/mol. The van der Waals surface area contributed by atoms with E-state index in [1.807, 2.05) is 26.8 Å². The number of imide groups is 2. The highest BCUT2D eigenvalue weighted by molar-refractivity contribution is 6.36. The van der Waals surface area contributed by atoms with Crippen molar-refractivity contribution in [3.05, 3.63) is 87.4 Å². The molecule has 2 aliphatic heterocycles. The van der Waals surface area contributed by atoms with Gasteiger partial charge >= 0.3 is 0 Å². The van der Waals surface area contributed by atoms with Crippen molar-refractivity contribution < 1.29 is 38.5 Å². The van der Waals surface area contributed by atoms with Crippen LogP contribution >= 0.6 is 23.2 Å². The first kappa shape index (κ1) is 35.7. The summed E-state index contributed by atoms with van der Waals surface area (Å²) in [5.41, 5.74) is 2.49. The first-order chi connectivity index (χ1) is 24.7. The van der Waals surface area contributed by atoms with E-state index in [4.69, 9.17) is 37.4 Å². The predicted molar refractivity (Wildman–Crippen MR) is 193 cm³/mol. The first-order valence-electron chi connectivity index (χ1n) is 17.0. The number of hydrazine groups is 1. The van der Waals surface area contributed by atoms with Gasteiger partial charge in [-0.05, 0) is 75.4 Å². The molecule has 272 valence electrons. The maximum absolute atomic E-state index is 15.5. The number of aromatic hydroxyl groups is 1. The lowest BCUT2D eigenvalue weighted by molar-refractivity contribution is -0.146. The van der Waals surface area contributed by atoms with Crippen LogP contribution in [0.2, 0.25) is 10.0 Å². The Morgan fingerprint density at radius 3 is 2.08 bits per heavy atom. The molecule has 0 spiro atoms. The Hall–Kier alpha value is -4.74. The minimum atomic E-state index is -1.64. The number of anilines is 1. The Morgan fingerprint density at radius 1 is 0.846 bits per heavy atom. The quantitative estimate of drug-likeness (QED) is 0.205. The summed E-state index contributed by atoms with van der Waals surface area (Å²) < 4.78 is 17.3. The zero-order chi connectivity index (χ0) is 37.4. The van der Waals surface area contributed by atoms with Crippen LogP contribution in [0.4, 0.5) is 5.69 Å². The Morgan fingerprint density at radius 2 is 1.50 bits per heavy atom. The summed E-state index contributed by atoms with van der Waals surface area (Å²) in [5, 5.41) is 12.3. The van der Waals surface area contributed by atoms with Crippen LogP contribution in [0.1, 0.15) is 50.7 Å². The Kier molecular flexibility index (Phi) is 8.73. The topological polar surface area (TPSA) is 135 Å². The first-order valence-corrected chi connectivity index (χ1v) is 17.7. The molecule has 0 unspecified atom stereocenters. The van der Waals surface area contributed by atoms with Crippen LogP contribution in [-0.4, -0.2) is 65.5 Å². The molecule has 2 heterocycles. The number of likely N-dealkylation sites (tertiary alicyclic amines) is 1. The average Bonchev–Trinajstić information content (AvgIpc) is 3.50. The molecule has 0 bridgehead atoms. The molecular weight excluding hydrogens is 709 g/mol. The SMILES string of the molecule is COc1ccc([C@@]23C(=O)N(Nc4ccc(Cl)cc4Cl)C(=O)[C@@H]2C[C@@H]2C(=CC[C@@H]4C(=O)N(C(C)(C)C)C(=O)[C@@H]42)[C@@H]3c2c(OC)cc(O)cc2OC)cc1. The van der Waals surface area contributed by atoms with E-state index in [0.717, 1.165) is 5.01 Å². The van der Waals surface area contributed by atoms with Gasteiger partial charge in [-0.25, -0.2) is 0 Å². The van der Waals surface area contributed by atoms with Gasteiger partial charge in [-0.1, -0.05) is 47.0 Å². The fraction of sp³-hybridized carbons (Fsp3) is 0.385. The highest BCUT2D eigenvalue weighted by atomic mass is 35.5. The number of rotatable bonds is 7. The van der Waals surface area contributed by atoms with Crippen LogP contribution < -0.4 is 19.6 Å². The number of phenolic OH excluding ortho intramolecular Hbond substituents is 1. The molecule has 2 saturated heterocycles. The van der Waals surface area contributed by atoms with Crippen molar-refractivity contribution in [2.24, 2.45) is 23.7 Å². The monoisotopic (exact) mass is 747 g/mol. The Labute approximate surface area is 311 Å². The van der Waals surface area contributed by atoms with Gasteiger partial charge in [0.2, 0.25) is 11.8 Å². The van der Waals surface area contributed by atoms with Crippen LogP contribution in [0.15, 0.2) is 66.2 Å². The third-order valence-corrected chi connectivity index (χ3v) is 11.6. The molecule has 7 rings (SSSR count). The number of carbonyl (C=O) groups is 4. The molecular formula is C39H39Cl2N3O8. The molecule has 4 amide bonds. The number of amides is 4. The number of fused-ring (bicyclic) bond motifs is 4. The molecule has 2 N–H and O–H groups in total. The summed E-state index contributed by atoms with van der Waals surface area (Å²) in [5.74, 6) is -4.87. The molecule has 3 fully saturated rings. The highest BCUT2D eigenvalue weighted by Gasteiger charge is 2.71. The van der Waals surface area contributed by atoms with E-state index >= 15 is 4.79 Å². The van der Waals surface area contributed by atoms with E-state index in [1.54, 1.807) is 36.4 Å². The van der Waals surface area contributed by atoms with Gasteiger partial charge < -0.3 is 19.3 Å². The van der Waals surface area contributed by atoms with Gasteiger partial charge in [0.15, 0.2) is 0 Å². The normalized spacial score (nSPS) is 26.8. The Balaban J connectivity index is 1.52. The van der Waals surface area contributed by atoms with Crippen molar-refractivity contribution in [2.75, 3.05) is 26.8 Å². The molecule has 2 aliphatic carbocycles. The minimum Gasteiger partial charge on any atom is -0.508 e. The summed E-state index contributed by atoms with van der Waals surface area (Å²) >= 11 is 12.7. The molecule has 3 aromatic carbocycles. The number of benzene rings is 3.